The zero-order valence-electron chi connectivity index (χ0n) is 27.0. The molecule has 0 radical (unpaired) electrons. The fraction of sp³-hybridized carbons (Fsp3) is 0. The molecule has 0 spiro atoms. The number of hydrogen-bond donors (Lipinski definition) is 0. The lowest BCUT2D eigenvalue weighted by atomic mass is 9.84. The van der Waals surface area contributed by atoms with Gasteiger partial charge in [-0.3, -0.25) is 0 Å². The monoisotopic (exact) mass is 623 g/mol. The van der Waals surface area contributed by atoms with E-state index >= 15 is 0 Å². The van der Waals surface area contributed by atoms with Crippen LogP contribution in [0.3, 0.4) is 0 Å². The third kappa shape index (κ3) is 5.13. The molecule has 230 valence electrons. The third-order valence-electron chi connectivity index (χ3n) is 9.66. The average Bonchev–Trinajstić information content (AvgIpc) is 3.26. The van der Waals surface area contributed by atoms with Crippen LogP contribution in [-0.4, -0.2) is 0 Å². The maximum Gasteiger partial charge on any atom is 0.0462 e. The van der Waals surface area contributed by atoms with E-state index in [1.54, 1.807) is 0 Å². The van der Waals surface area contributed by atoms with Crippen molar-refractivity contribution < 1.29 is 0 Å². The van der Waals surface area contributed by atoms with E-state index < -0.39 is 0 Å². The SMILES string of the molecule is c1ccc(-c2ccc(N(c3ccccc3)c3ccc(-c4c5ccc(-c6ccccc6)c4-c4ccccc4-c4ccccc4-5)cc3)cc2)cc1. The van der Waals surface area contributed by atoms with Crippen LogP contribution in [0, 0.1) is 0 Å². The second kappa shape index (κ2) is 12.3. The Kier molecular flexibility index (Phi) is 7.22. The van der Waals surface area contributed by atoms with Crippen LogP contribution >= 0.6 is 0 Å². The molecule has 1 aliphatic carbocycles. The molecule has 49 heavy (non-hydrogen) atoms. The number of hydrogen-bond acceptors (Lipinski definition) is 1. The molecule has 0 aromatic heterocycles. The van der Waals surface area contributed by atoms with Crippen LogP contribution < -0.4 is 4.90 Å². The van der Waals surface area contributed by atoms with Crippen LogP contribution in [0.25, 0.3) is 66.8 Å². The van der Waals surface area contributed by atoms with E-state index in [9.17, 15) is 0 Å². The summed E-state index contributed by atoms with van der Waals surface area (Å²) in [7, 11) is 0. The van der Waals surface area contributed by atoms with Gasteiger partial charge in [0.2, 0.25) is 0 Å². The molecule has 0 amide bonds. The van der Waals surface area contributed by atoms with Gasteiger partial charge in [-0.25, -0.2) is 0 Å². The number of fused-ring (bicyclic) bond motifs is 7. The molecule has 0 heterocycles. The van der Waals surface area contributed by atoms with Crippen LogP contribution in [0.5, 0.6) is 0 Å². The van der Waals surface area contributed by atoms with Crippen molar-refractivity contribution in [3.8, 4) is 66.8 Å². The van der Waals surface area contributed by atoms with Crippen molar-refractivity contribution in [2.45, 2.75) is 0 Å². The highest BCUT2D eigenvalue weighted by Crippen LogP contribution is 2.53. The van der Waals surface area contributed by atoms with Crippen molar-refractivity contribution in [1.29, 1.82) is 0 Å². The first-order valence-electron chi connectivity index (χ1n) is 16.9. The molecule has 1 aliphatic rings. The lowest BCUT2D eigenvalue weighted by molar-refractivity contribution is 1.28. The largest absolute Gasteiger partial charge is 0.311 e. The topological polar surface area (TPSA) is 3.24 Å². The highest BCUT2D eigenvalue weighted by atomic mass is 15.1. The minimum absolute atomic E-state index is 1.11. The van der Waals surface area contributed by atoms with Crippen LogP contribution in [-0.2, 0) is 0 Å². The van der Waals surface area contributed by atoms with Crippen molar-refractivity contribution in [2.24, 2.45) is 0 Å². The smallest absolute Gasteiger partial charge is 0.0462 e. The van der Waals surface area contributed by atoms with Crippen molar-refractivity contribution in [1.82, 2.24) is 0 Å². The highest BCUT2D eigenvalue weighted by molar-refractivity contribution is 6.10. The van der Waals surface area contributed by atoms with E-state index in [-0.39, 0.29) is 0 Å². The summed E-state index contributed by atoms with van der Waals surface area (Å²) in [6.45, 7) is 0. The molecule has 9 rings (SSSR count). The molecule has 0 saturated carbocycles. The molecule has 2 bridgehead atoms. The normalized spacial score (nSPS) is 11.3. The van der Waals surface area contributed by atoms with Crippen LogP contribution in [0.2, 0.25) is 0 Å². The third-order valence-corrected chi connectivity index (χ3v) is 9.66. The number of nitrogens with zero attached hydrogens (tertiary/aromatic N) is 1. The first kappa shape index (κ1) is 28.8. The Balaban J connectivity index is 1.22. The summed E-state index contributed by atoms with van der Waals surface area (Å²) in [6, 6.07) is 72.4. The second-order valence-electron chi connectivity index (χ2n) is 12.5. The summed E-state index contributed by atoms with van der Waals surface area (Å²) in [6.07, 6.45) is 0. The first-order chi connectivity index (χ1) is 24.3. The Morgan fingerprint density at radius 2 is 0.592 bits per heavy atom. The van der Waals surface area contributed by atoms with E-state index in [0.717, 1.165) is 17.1 Å². The standard InChI is InChI=1S/C48H33N/c1-4-14-34(15-5-1)35-24-28-39(29-25-35)49(38-18-8-3-9-19-38)40-30-26-37(27-31-40)47-46-33-32-41(36-16-6-2-7-17-36)48(47)45-23-13-12-21-43(45)42-20-10-11-22-44(42)46/h1-33H. The van der Waals surface area contributed by atoms with Gasteiger partial charge in [0, 0.05) is 17.1 Å². The molecule has 0 N–H and O–H groups in total. The van der Waals surface area contributed by atoms with Gasteiger partial charge in [0.1, 0.15) is 0 Å². The minimum atomic E-state index is 1.11. The van der Waals surface area contributed by atoms with Gasteiger partial charge in [0.15, 0.2) is 0 Å². The Morgan fingerprint density at radius 1 is 0.204 bits per heavy atom. The van der Waals surface area contributed by atoms with Crippen LogP contribution in [0.4, 0.5) is 17.1 Å². The molecule has 0 fully saturated rings. The van der Waals surface area contributed by atoms with Gasteiger partial charge in [-0.2, -0.15) is 0 Å². The fourth-order valence-corrected chi connectivity index (χ4v) is 7.39. The summed E-state index contributed by atoms with van der Waals surface area (Å²) in [5, 5.41) is 0. The second-order valence-corrected chi connectivity index (χ2v) is 12.5. The van der Waals surface area contributed by atoms with E-state index in [1.165, 1.54) is 66.8 Å². The molecule has 8 aromatic rings. The number of para-hydroxylation sites is 1. The molecule has 1 heteroatoms. The predicted molar refractivity (Wildman–Crippen MR) is 207 cm³/mol. The van der Waals surface area contributed by atoms with Crippen molar-refractivity contribution >= 4 is 17.1 Å². The molecule has 0 atom stereocenters. The minimum Gasteiger partial charge on any atom is -0.311 e. The van der Waals surface area contributed by atoms with Gasteiger partial charge >= 0.3 is 0 Å². The molecule has 0 saturated heterocycles. The molecular formula is C48H33N. The zero-order chi connectivity index (χ0) is 32.6. The van der Waals surface area contributed by atoms with Gasteiger partial charge in [-0.1, -0.05) is 164 Å². The fourth-order valence-electron chi connectivity index (χ4n) is 7.39. The quantitative estimate of drug-likeness (QED) is 0.178. The van der Waals surface area contributed by atoms with E-state index in [4.69, 9.17) is 0 Å². The van der Waals surface area contributed by atoms with Crippen molar-refractivity contribution in [2.75, 3.05) is 4.90 Å². The highest BCUT2D eigenvalue weighted by Gasteiger charge is 2.26. The van der Waals surface area contributed by atoms with Gasteiger partial charge in [0.25, 0.3) is 0 Å². The Bertz CT molecular complexity index is 2390. The molecular weight excluding hydrogens is 591 g/mol. The average molecular weight is 624 g/mol. The lowest BCUT2D eigenvalue weighted by Crippen LogP contribution is -2.09. The number of rotatable bonds is 6. The molecule has 1 nitrogen and oxygen atoms in total. The number of anilines is 3. The molecule has 8 aromatic carbocycles. The van der Waals surface area contributed by atoms with Gasteiger partial charge in [0.05, 0.1) is 0 Å². The van der Waals surface area contributed by atoms with E-state index in [1.807, 2.05) is 0 Å². The first-order valence-corrected chi connectivity index (χ1v) is 16.9. The summed E-state index contributed by atoms with van der Waals surface area (Å²) in [4.78, 5) is 2.34. The van der Waals surface area contributed by atoms with Crippen molar-refractivity contribution in [3.05, 3.63) is 200 Å². The lowest BCUT2D eigenvalue weighted by Gasteiger charge is -2.26. The Labute approximate surface area is 288 Å². The van der Waals surface area contributed by atoms with Crippen molar-refractivity contribution in [3.63, 3.8) is 0 Å². The summed E-state index contributed by atoms with van der Waals surface area (Å²) < 4.78 is 0. The number of benzene rings is 8. The molecule has 0 unspecified atom stereocenters. The van der Waals surface area contributed by atoms with E-state index in [0.29, 0.717) is 0 Å². The summed E-state index contributed by atoms with van der Waals surface area (Å²) in [5.41, 5.74) is 18.3. The maximum atomic E-state index is 2.34. The maximum absolute atomic E-state index is 2.34. The van der Waals surface area contributed by atoms with Gasteiger partial charge < -0.3 is 4.90 Å². The van der Waals surface area contributed by atoms with Crippen LogP contribution in [0.1, 0.15) is 0 Å². The van der Waals surface area contributed by atoms with E-state index in [2.05, 4.69) is 205 Å². The molecule has 0 aliphatic heterocycles. The summed E-state index contributed by atoms with van der Waals surface area (Å²) in [5.74, 6) is 0. The zero-order valence-corrected chi connectivity index (χ0v) is 27.0. The van der Waals surface area contributed by atoms with Crippen LogP contribution in [0.15, 0.2) is 200 Å². The van der Waals surface area contributed by atoms with Gasteiger partial charge in [-0.05, 0) is 103 Å². The predicted octanol–water partition coefficient (Wildman–Crippen LogP) is 13.5. The van der Waals surface area contributed by atoms with Gasteiger partial charge in [-0.15, -0.1) is 0 Å². The summed E-state index contributed by atoms with van der Waals surface area (Å²) >= 11 is 0. The Hall–Kier alpha value is -6.44. The Morgan fingerprint density at radius 3 is 1.18 bits per heavy atom.